The fourth-order valence-electron chi connectivity index (χ4n) is 5.59. The maximum absolute atomic E-state index is 12.8. The van der Waals surface area contributed by atoms with Crippen LogP contribution in [0.5, 0.6) is 0 Å². The third kappa shape index (κ3) is 38.5. The molecule has 0 aromatic rings. The number of unbranched alkanes of at least 4 members (excludes halogenated alkanes) is 13. The Kier molecular flexibility index (Phi) is 34.9. The van der Waals surface area contributed by atoms with E-state index < -0.39 is 32.7 Å². The highest BCUT2D eigenvalue weighted by Gasteiger charge is 2.23. The van der Waals surface area contributed by atoms with Crippen LogP contribution in [0.25, 0.3) is 0 Å². The SMILES string of the molecule is CC/C=C\C/C=C\C/C=C\C/C=C\C=C\C(O)CCCC(=O)N[C@@H](COP(=O)([O-])OCC[N+](C)(C)C)[C@H](O)/C=C/CCCCCCCCCCCCCCC. The van der Waals surface area contributed by atoms with Crippen LogP contribution in [0.4, 0.5) is 0 Å². The van der Waals surface area contributed by atoms with Gasteiger partial charge in [-0.25, -0.2) is 0 Å². The van der Waals surface area contributed by atoms with Crippen molar-refractivity contribution in [2.45, 2.75) is 167 Å². The van der Waals surface area contributed by atoms with Crippen LogP contribution in [-0.4, -0.2) is 79.8 Å². The van der Waals surface area contributed by atoms with E-state index in [1.54, 1.807) is 18.2 Å². The molecule has 55 heavy (non-hydrogen) atoms. The molecule has 0 saturated heterocycles. The molecule has 0 aromatic carbocycles. The largest absolute Gasteiger partial charge is 0.756 e. The third-order valence-corrected chi connectivity index (χ3v) is 9.99. The number of allylic oxidation sites excluding steroid dienone is 10. The predicted molar refractivity (Wildman–Crippen MR) is 229 cm³/mol. The van der Waals surface area contributed by atoms with Gasteiger partial charge in [0.15, 0.2) is 0 Å². The molecule has 1 amide bonds. The van der Waals surface area contributed by atoms with E-state index in [-0.39, 0.29) is 18.9 Å². The monoisotopic (exact) mass is 793 g/mol. The molecule has 0 heterocycles. The van der Waals surface area contributed by atoms with Crippen molar-refractivity contribution < 1.29 is 38.0 Å². The van der Waals surface area contributed by atoms with Crippen molar-refractivity contribution in [2.75, 3.05) is 40.9 Å². The van der Waals surface area contributed by atoms with Crippen LogP contribution in [0.3, 0.4) is 0 Å². The van der Waals surface area contributed by atoms with Gasteiger partial charge < -0.3 is 34.0 Å². The van der Waals surface area contributed by atoms with E-state index in [4.69, 9.17) is 9.05 Å². The lowest BCUT2D eigenvalue weighted by molar-refractivity contribution is -0.870. The van der Waals surface area contributed by atoms with E-state index in [0.29, 0.717) is 23.9 Å². The number of nitrogens with one attached hydrogen (secondary N) is 1. The van der Waals surface area contributed by atoms with Gasteiger partial charge in [0.2, 0.25) is 5.91 Å². The van der Waals surface area contributed by atoms with Gasteiger partial charge in [-0.15, -0.1) is 0 Å². The molecule has 2 unspecified atom stereocenters. The van der Waals surface area contributed by atoms with Crippen LogP contribution >= 0.6 is 7.82 Å². The van der Waals surface area contributed by atoms with Crippen LogP contribution in [0.2, 0.25) is 0 Å². The summed E-state index contributed by atoms with van der Waals surface area (Å²) in [5.74, 6) is -0.362. The van der Waals surface area contributed by atoms with Gasteiger partial charge in [0.25, 0.3) is 7.82 Å². The molecule has 0 aliphatic carbocycles. The summed E-state index contributed by atoms with van der Waals surface area (Å²) in [6.07, 6.45) is 44.0. The van der Waals surface area contributed by atoms with Gasteiger partial charge in [-0.05, 0) is 51.4 Å². The first kappa shape index (κ1) is 52.9. The average Bonchev–Trinajstić information content (AvgIpc) is 3.12. The first-order valence-corrected chi connectivity index (χ1v) is 22.9. The Bertz CT molecular complexity index is 1140. The maximum atomic E-state index is 12.8. The van der Waals surface area contributed by atoms with E-state index in [1.807, 2.05) is 39.4 Å². The Hall–Kier alpha value is -2.10. The molecule has 0 fully saturated rings. The summed E-state index contributed by atoms with van der Waals surface area (Å²) in [5, 5.41) is 24.0. The average molecular weight is 793 g/mol. The zero-order chi connectivity index (χ0) is 40.9. The molecule has 10 heteroatoms. The minimum Gasteiger partial charge on any atom is -0.756 e. The normalized spacial score (nSPS) is 15.7. The van der Waals surface area contributed by atoms with Crippen LogP contribution in [0.1, 0.15) is 149 Å². The molecule has 0 bridgehead atoms. The number of phosphoric ester groups is 1. The second-order valence-electron chi connectivity index (χ2n) is 15.5. The van der Waals surface area contributed by atoms with Crippen LogP contribution in [0.15, 0.2) is 72.9 Å². The highest BCUT2D eigenvalue weighted by atomic mass is 31.2. The Morgan fingerprint density at radius 1 is 0.709 bits per heavy atom. The topological polar surface area (TPSA) is 128 Å². The first-order valence-electron chi connectivity index (χ1n) is 21.4. The van der Waals surface area contributed by atoms with Crippen molar-refractivity contribution >= 4 is 13.7 Å². The molecule has 0 rings (SSSR count). The molecule has 0 spiro atoms. The molecule has 0 radical (unpaired) electrons. The lowest BCUT2D eigenvalue weighted by Gasteiger charge is -2.29. The quantitative estimate of drug-likeness (QED) is 0.0188. The second-order valence-corrected chi connectivity index (χ2v) is 16.9. The lowest BCUT2D eigenvalue weighted by Crippen LogP contribution is -2.45. The zero-order valence-electron chi connectivity index (χ0n) is 35.5. The number of nitrogens with zero attached hydrogens (tertiary/aromatic N) is 1. The Labute approximate surface area is 336 Å². The standard InChI is InChI=1S/C45H81N2O7P/c1-6-8-10-12-14-16-18-20-21-23-25-27-29-31-33-37-44(49)43(41-54-55(51,52)53-40-39-47(3,4)5)46-45(50)38-34-36-42(48)35-32-30-28-26-24-22-19-17-15-13-11-9-7-2/h9,11,15,17,22,24,28,30,32-33,35,37,42-44,48-49H,6-8,10,12-14,16,18-21,23,25-27,29,31,34,36,38-41H2,1-5H3,(H-,46,50,51,52)/b11-9-,17-15-,24-22-,30-28-,35-32+,37-33+/t42?,43-,44+/m0/s1. The van der Waals surface area contributed by atoms with E-state index in [0.717, 1.165) is 44.9 Å². The number of phosphoric acid groups is 1. The number of carbonyl (C=O) groups excluding carboxylic acids is 1. The lowest BCUT2D eigenvalue weighted by atomic mass is 10.0. The summed E-state index contributed by atoms with van der Waals surface area (Å²) in [6, 6.07) is -0.984. The number of quaternary nitrogens is 1. The van der Waals surface area contributed by atoms with Gasteiger partial charge in [-0.3, -0.25) is 9.36 Å². The van der Waals surface area contributed by atoms with E-state index >= 15 is 0 Å². The summed E-state index contributed by atoms with van der Waals surface area (Å²) >= 11 is 0. The third-order valence-electron chi connectivity index (χ3n) is 9.03. The fraction of sp³-hybridized carbons (Fsp3) is 0.711. The van der Waals surface area contributed by atoms with Crippen molar-refractivity contribution in [1.82, 2.24) is 5.32 Å². The van der Waals surface area contributed by atoms with Gasteiger partial charge in [-0.2, -0.15) is 0 Å². The molecular formula is C45H81N2O7P. The number of hydrogen-bond acceptors (Lipinski definition) is 7. The minimum atomic E-state index is -4.64. The molecule has 0 aliphatic rings. The van der Waals surface area contributed by atoms with Crippen molar-refractivity contribution in [3.8, 4) is 0 Å². The fourth-order valence-corrected chi connectivity index (χ4v) is 6.31. The molecule has 0 aliphatic heterocycles. The Morgan fingerprint density at radius 2 is 1.25 bits per heavy atom. The Balaban J connectivity index is 4.70. The van der Waals surface area contributed by atoms with Gasteiger partial charge in [-0.1, -0.05) is 164 Å². The molecular weight excluding hydrogens is 711 g/mol. The van der Waals surface area contributed by atoms with Crippen LogP contribution < -0.4 is 10.2 Å². The number of hydrogen-bond donors (Lipinski definition) is 3. The first-order chi connectivity index (χ1) is 26.4. The van der Waals surface area contributed by atoms with Crippen molar-refractivity contribution in [3.63, 3.8) is 0 Å². The summed E-state index contributed by atoms with van der Waals surface area (Å²) in [7, 11) is 1.13. The minimum absolute atomic E-state index is 0.0397. The number of amides is 1. The summed E-state index contributed by atoms with van der Waals surface area (Å²) in [6.45, 7) is 4.35. The number of likely N-dealkylation sites (N-methyl/N-ethyl adjacent to an activating group) is 1. The number of aliphatic hydroxyl groups excluding tert-OH is 2. The number of carbonyl (C=O) groups is 1. The van der Waals surface area contributed by atoms with Gasteiger partial charge in [0.1, 0.15) is 13.2 Å². The molecule has 3 N–H and O–H groups in total. The van der Waals surface area contributed by atoms with Gasteiger partial charge >= 0.3 is 0 Å². The molecule has 0 saturated carbocycles. The Morgan fingerprint density at radius 3 is 1.82 bits per heavy atom. The van der Waals surface area contributed by atoms with Gasteiger partial charge in [0, 0.05) is 6.42 Å². The number of rotatable bonds is 37. The zero-order valence-corrected chi connectivity index (χ0v) is 36.4. The molecule has 0 aromatic heterocycles. The maximum Gasteiger partial charge on any atom is 0.268 e. The van der Waals surface area contributed by atoms with E-state index in [2.05, 4.69) is 55.6 Å². The molecule has 4 atom stereocenters. The number of aliphatic hydroxyl groups is 2. The highest BCUT2D eigenvalue weighted by Crippen LogP contribution is 2.38. The van der Waals surface area contributed by atoms with Crippen LogP contribution in [0, 0.1) is 0 Å². The summed E-state index contributed by atoms with van der Waals surface area (Å²) < 4.78 is 23.1. The van der Waals surface area contributed by atoms with Gasteiger partial charge in [0.05, 0.1) is 46.0 Å². The second kappa shape index (κ2) is 36.3. The molecule has 9 nitrogen and oxygen atoms in total. The highest BCUT2D eigenvalue weighted by molar-refractivity contribution is 7.45. The molecule has 318 valence electrons. The smallest absolute Gasteiger partial charge is 0.268 e. The van der Waals surface area contributed by atoms with E-state index in [9.17, 15) is 24.5 Å². The van der Waals surface area contributed by atoms with E-state index in [1.165, 1.54) is 70.6 Å². The summed E-state index contributed by atoms with van der Waals surface area (Å²) in [4.78, 5) is 25.3. The van der Waals surface area contributed by atoms with Crippen molar-refractivity contribution in [3.05, 3.63) is 72.9 Å². The summed E-state index contributed by atoms with van der Waals surface area (Å²) in [5.41, 5.74) is 0. The predicted octanol–water partition coefficient (Wildman–Crippen LogP) is 9.97. The van der Waals surface area contributed by atoms with Crippen molar-refractivity contribution in [2.24, 2.45) is 0 Å². The van der Waals surface area contributed by atoms with Crippen molar-refractivity contribution in [1.29, 1.82) is 0 Å². The van der Waals surface area contributed by atoms with Crippen LogP contribution in [-0.2, 0) is 18.4 Å².